The highest BCUT2D eigenvalue weighted by molar-refractivity contribution is 6.24. The Kier molecular flexibility index (Phi) is 6.84. The summed E-state index contributed by atoms with van der Waals surface area (Å²) in [6, 6.07) is 10.0. The van der Waals surface area contributed by atoms with Crippen molar-refractivity contribution in [2.75, 3.05) is 0 Å². The Morgan fingerprint density at radius 1 is 1.15 bits per heavy atom. The number of rotatable bonds is 6. The summed E-state index contributed by atoms with van der Waals surface area (Å²) in [7, 11) is 0. The van der Waals surface area contributed by atoms with Crippen molar-refractivity contribution >= 4 is 29.2 Å². The molecule has 0 aliphatic heterocycles. The number of esters is 1. The van der Waals surface area contributed by atoms with Gasteiger partial charge in [0.15, 0.2) is 0 Å². The molecule has 1 rings (SSSR count). The first-order chi connectivity index (χ1) is 9.26. The first-order valence-electron chi connectivity index (χ1n) is 6.80. The first-order valence-corrected chi connectivity index (χ1v) is 7.67. The van der Waals surface area contributed by atoms with E-state index in [0.717, 1.165) is 6.42 Å². The maximum atomic E-state index is 11.7. The molecule has 0 aliphatic rings. The molecule has 0 bridgehead atoms. The van der Waals surface area contributed by atoms with Crippen molar-refractivity contribution in [1.29, 1.82) is 0 Å². The Morgan fingerprint density at radius 3 is 2.30 bits per heavy atom. The van der Waals surface area contributed by atoms with Gasteiger partial charge in [0.1, 0.15) is 5.60 Å². The molecule has 0 heterocycles. The fourth-order valence-corrected chi connectivity index (χ4v) is 2.70. The number of ether oxygens (including phenoxy) is 1. The molecule has 0 unspecified atom stereocenters. The summed E-state index contributed by atoms with van der Waals surface area (Å²) in [5, 5.41) is -0.376. The van der Waals surface area contributed by atoms with Crippen LogP contribution in [0.5, 0.6) is 0 Å². The number of hydrogen-bond acceptors (Lipinski definition) is 2. The Bertz CT molecular complexity index is 412. The van der Waals surface area contributed by atoms with Gasteiger partial charge < -0.3 is 4.74 Å². The van der Waals surface area contributed by atoms with Crippen LogP contribution in [0.3, 0.4) is 0 Å². The maximum absolute atomic E-state index is 11.7. The molecular formula is C16H22Cl2O2. The lowest BCUT2D eigenvalue weighted by atomic mass is 10.1. The van der Waals surface area contributed by atoms with Crippen molar-refractivity contribution in [3.05, 3.63) is 35.9 Å². The minimum absolute atomic E-state index is 0.0812. The quantitative estimate of drug-likeness (QED) is 0.568. The Balaban J connectivity index is 2.34. The summed E-state index contributed by atoms with van der Waals surface area (Å²) in [5.41, 5.74) is 0.701. The van der Waals surface area contributed by atoms with Gasteiger partial charge in [-0.1, -0.05) is 30.3 Å². The lowest BCUT2D eigenvalue weighted by Crippen LogP contribution is -2.26. The van der Waals surface area contributed by atoms with Gasteiger partial charge in [-0.15, -0.1) is 23.2 Å². The van der Waals surface area contributed by atoms with Crippen molar-refractivity contribution < 1.29 is 9.53 Å². The van der Waals surface area contributed by atoms with E-state index in [1.54, 1.807) is 0 Å². The third-order valence-corrected chi connectivity index (χ3v) is 3.28. The standard InChI is InChI=1S/C16H22Cl2O2/c1-16(2,3)20-15(19)11-14(18)10-13(17)9-12-7-5-4-6-8-12/h4-8,13-14H,9-11H2,1-3H3/t13-,14+/m0/s1. The lowest BCUT2D eigenvalue weighted by molar-refractivity contribution is -0.154. The number of hydrogen-bond donors (Lipinski definition) is 0. The topological polar surface area (TPSA) is 26.3 Å². The van der Waals surface area contributed by atoms with E-state index < -0.39 is 5.60 Å². The molecule has 4 heteroatoms. The van der Waals surface area contributed by atoms with Crippen molar-refractivity contribution in [2.45, 2.75) is 56.4 Å². The van der Waals surface area contributed by atoms with E-state index in [0.29, 0.717) is 6.42 Å². The molecule has 0 saturated carbocycles. The molecule has 0 aromatic heterocycles. The number of halogens is 2. The molecule has 2 nitrogen and oxygen atoms in total. The van der Waals surface area contributed by atoms with Crippen LogP contribution in [0.25, 0.3) is 0 Å². The van der Waals surface area contributed by atoms with Crippen LogP contribution in [-0.2, 0) is 16.0 Å². The van der Waals surface area contributed by atoms with Crippen LogP contribution in [0.1, 0.15) is 39.2 Å². The maximum Gasteiger partial charge on any atom is 0.307 e. The third-order valence-electron chi connectivity index (χ3n) is 2.62. The molecule has 0 radical (unpaired) electrons. The summed E-state index contributed by atoms with van der Waals surface area (Å²) in [6.45, 7) is 5.52. The van der Waals surface area contributed by atoms with Crippen LogP contribution < -0.4 is 0 Å². The molecule has 0 aliphatic carbocycles. The van der Waals surface area contributed by atoms with Crippen LogP contribution >= 0.6 is 23.2 Å². The van der Waals surface area contributed by atoms with Crippen LogP contribution in [0.15, 0.2) is 30.3 Å². The van der Waals surface area contributed by atoms with Gasteiger partial charge in [-0.25, -0.2) is 0 Å². The minimum atomic E-state index is -0.474. The SMILES string of the molecule is CC(C)(C)OC(=O)C[C@H](Cl)C[C@@H](Cl)Cc1ccccc1. The molecule has 0 fully saturated rings. The zero-order chi connectivity index (χ0) is 15.2. The molecule has 0 N–H and O–H groups in total. The highest BCUT2D eigenvalue weighted by atomic mass is 35.5. The van der Waals surface area contributed by atoms with Crippen LogP contribution in [0.2, 0.25) is 0 Å². The summed E-state index contributed by atoms with van der Waals surface area (Å²) in [4.78, 5) is 11.7. The number of benzene rings is 1. The molecular weight excluding hydrogens is 295 g/mol. The third kappa shape index (κ3) is 7.76. The van der Waals surface area contributed by atoms with Crippen LogP contribution in [-0.4, -0.2) is 22.3 Å². The average molecular weight is 317 g/mol. The van der Waals surface area contributed by atoms with Gasteiger partial charge in [-0.2, -0.15) is 0 Å². The number of alkyl halides is 2. The summed E-state index contributed by atoms with van der Waals surface area (Å²) >= 11 is 12.5. The summed E-state index contributed by atoms with van der Waals surface area (Å²) in [6.07, 6.45) is 1.52. The van der Waals surface area contributed by atoms with Gasteiger partial charge in [-0.3, -0.25) is 4.79 Å². The van der Waals surface area contributed by atoms with E-state index >= 15 is 0 Å². The molecule has 0 saturated heterocycles. The monoisotopic (exact) mass is 316 g/mol. The molecule has 2 atom stereocenters. The first kappa shape index (κ1) is 17.3. The van der Waals surface area contributed by atoms with Crippen LogP contribution in [0.4, 0.5) is 0 Å². The van der Waals surface area contributed by atoms with Gasteiger partial charge in [0.05, 0.1) is 6.42 Å². The van der Waals surface area contributed by atoms with Gasteiger partial charge in [0.2, 0.25) is 0 Å². The van der Waals surface area contributed by atoms with Crippen molar-refractivity contribution in [3.8, 4) is 0 Å². The summed E-state index contributed by atoms with van der Waals surface area (Å²) in [5.74, 6) is -0.277. The second-order valence-electron chi connectivity index (χ2n) is 5.91. The second-order valence-corrected chi connectivity index (χ2v) is 7.14. The van der Waals surface area contributed by atoms with E-state index in [1.807, 2.05) is 51.1 Å². The summed E-state index contributed by atoms with van der Waals surface area (Å²) < 4.78 is 5.24. The molecule has 0 spiro atoms. The predicted molar refractivity (Wildman–Crippen MR) is 84.5 cm³/mol. The average Bonchev–Trinajstić information content (AvgIpc) is 2.26. The fraction of sp³-hybridized carbons (Fsp3) is 0.562. The van der Waals surface area contributed by atoms with Crippen molar-refractivity contribution in [1.82, 2.24) is 0 Å². The highest BCUT2D eigenvalue weighted by Crippen LogP contribution is 2.20. The minimum Gasteiger partial charge on any atom is -0.460 e. The van der Waals surface area contributed by atoms with Gasteiger partial charge in [0, 0.05) is 10.8 Å². The van der Waals surface area contributed by atoms with E-state index in [2.05, 4.69) is 0 Å². The Labute approximate surface area is 131 Å². The molecule has 112 valence electrons. The number of carbonyl (C=O) groups excluding carboxylic acids is 1. The van der Waals surface area contributed by atoms with Gasteiger partial charge in [0.25, 0.3) is 0 Å². The van der Waals surface area contributed by atoms with E-state index in [1.165, 1.54) is 5.56 Å². The molecule has 0 amide bonds. The predicted octanol–water partition coefficient (Wildman–Crippen LogP) is 4.57. The Morgan fingerprint density at radius 2 is 1.75 bits per heavy atom. The smallest absolute Gasteiger partial charge is 0.307 e. The second kappa shape index (κ2) is 7.90. The zero-order valence-electron chi connectivity index (χ0n) is 12.2. The Hall–Kier alpha value is -0.730. The van der Waals surface area contributed by atoms with Gasteiger partial charge >= 0.3 is 5.97 Å². The van der Waals surface area contributed by atoms with Gasteiger partial charge in [-0.05, 0) is 39.2 Å². The zero-order valence-corrected chi connectivity index (χ0v) is 13.7. The van der Waals surface area contributed by atoms with Crippen molar-refractivity contribution in [3.63, 3.8) is 0 Å². The normalized spacial score (nSPS) is 14.7. The molecule has 20 heavy (non-hydrogen) atoms. The van der Waals surface area contributed by atoms with Crippen LogP contribution in [0, 0.1) is 0 Å². The van der Waals surface area contributed by atoms with Crippen molar-refractivity contribution in [2.24, 2.45) is 0 Å². The van der Waals surface area contributed by atoms with E-state index in [-0.39, 0.29) is 23.1 Å². The molecule has 1 aromatic rings. The van der Waals surface area contributed by atoms with E-state index in [9.17, 15) is 4.79 Å². The largest absolute Gasteiger partial charge is 0.460 e. The van der Waals surface area contributed by atoms with E-state index in [4.69, 9.17) is 27.9 Å². The number of carbonyl (C=O) groups is 1. The lowest BCUT2D eigenvalue weighted by Gasteiger charge is -2.21. The molecule has 1 aromatic carbocycles. The highest BCUT2D eigenvalue weighted by Gasteiger charge is 2.21. The fourth-order valence-electron chi connectivity index (χ4n) is 1.88.